The summed E-state index contributed by atoms with van der Waals surface area (Å²) in [5, 5.41) is 29.1. The van der Waals surface area contributed by atoms with Gasteiger partial charge < -0.3 is 20.2 Å². The third kappa shape index (κ3) is 5.30. The van der Waals surface area contributed by atoms with Gasteiger partial charge >= 0.3 is 0 Å². The fourth-order valence-electron chi connectivity index (χ4n) is 4.41. The predicted octanol–water partition coefficient (Wildman–Crippen LogP) is 2.21. The summed E-state index contributed by atoms with van der Waals surface area (Å²) in [6.07, 6.45) is 10.5. The van der Waals surface area contributed by atoms with Crippen LogP contribution in [0.1, 0.15) is 76.5 Å². The third-order valence-electron chi connectivity index (χ3n) is 6.29. The topological polar surface area (TPSA) is 106 Å². The minimum absolute atomic E-state index is 0.153. The minimum Gasteiger partial charge on any atom is -0.376 e. The average molecular weight is 394 g/mol. The van der Waals surface area contributed by atoms with Gasteiger partial charge in [-0.15, -0.1) is 0 Å². The van der Waals surface area contributed by atoms with Gasteiger partial charge in [0.25, 0.3) is 0 Å². The molecule has 0 atom stereocenters. The second kappa shape index (κ2) is 10.3. The summed E-state index contributed by atoms with van der Waals surface area (Å²) >= 11 is 0. The van der Waals surface area contributed by atoms with Crippen molar-refractivity contribution in [2.24, 2.45) is 11.8 Å². The van der Waals surface area contributed by atoms with Gasteiger partial charge in [0.05, 0.1) is 0 Å². The maximum absolute atomic E-state index is 10.0. The van der Waals surface area contributed by atoms with Gasteiger partial charge in [0.15, 0.2) is 0 Å². The highest BCUT2D eigenvalue weighted by molar-refractivity contribution is 5.39. The molecule has 0 aromatic carbocycles. The molecule has 0 radical (unpaired) electrons. The molecule has 8 nitrogen and oxygen atoms in total. The van der Waals surface area contributed by atoms with E-state index >= 15 is 0 Å². The molecule has 1 heterocycles. The van der Waals surface area contributed by atoms with Crippen LogP contribution in [0.25, 0.3) is 0 Å². The van der Waals surface area contributed by atoms with Crippen LogP contribution in [0.3, 0.4) is 0 Å². The Morgan fingerprint density at radius 3 is 1.89 bits per heavy atom. The van der Waals surface area contributed by atoms with Crippen molar-refractivity contribution in [3.63, 3.8) is 0 Å². The second-order valence-electron chi connectivity index (χ2n) is 8.44. The van der Waals surface area contributed by atoms with E-state index in [0.29, 0.717) is 17.7 Å². The molecule has 28 heavy (non-hydrogen) atoms. The first-order valence-electron chi connectivity index (χ1n) is 10.7. The zero-order chi connectivity index (χ0) is 19.9. The lowest BCUT2D eigenvalue weighted by atomic mass is 9.82. The molecule has 0 spiro atoms. The van der Waals surface area contributed by atoms with Crippen LogP contribution in [0.15, 0.2) is 0 Å². The maximum atomic E-state index is 10.0. The van der Waals surface area contributed by atoms with Crippen molar-refractivity contribution in [2.45, 2.75) is 70.6 Å². The SMILES string of the molecule is CC1CCC(c2nc(N(CO)CO)nc(N(CO)CC3CCCCC3)n2)CC1. The number of hydrogen-bond donors (Lipinski definition) is 3. The highest BCUT2D eigenvalue weighted by atomic mass is 16.3. The number of aliphatic hydroxyl groups is 3. The first-order chi connectivity index (χ1) is 13.6. The Bertz CT molecular complexity index is 600. The molecule has 1 aromatic heterocycles. The van der Waals surface area contributed by atoms with Crippen molar-refractivity contribution in [3.8, 4) is 0 Å². The Kier molecular flexibility index (Phi) is 7.82. The van der Waals surface area contributed by atoms with Crippen molar-refractivity contribution in [1.29, 1.82) is 0 Å². The molecule has 2 aliphatic carbocycles. The Morgan fingerprint density at radius 1 is 0.750 bits per heavy atom. The largest absolute Gasteiger partial charge is 0.376 e. The zero-order valence-corrected chi connectivity index (χ0v) is 17.0. The monoisotopic (exact) mass is 393 g/mol. The Labute approximate surface area is 167 Å². The molecule has 8 heteroatoms. The predicted molar refractivity (Wildman–Crippen MR) is 108 cm³/mol. The fraction of sp³-hybridized carbons (Fsp3) is 0.850. The van der Waals surface area contributed by atoms with E-state index in [0.717, 1.165) is 38.1 Å². The van der Waals surface area contributed by atoms with Gasteiger partial charge in [0.2, 0.25) is 11.9 Å². The summed E-state index contributed by atoms with van der Waals surface area (Å²) in [6, 6.07) is 0. The van der Waals surface area contributed by atoms with Crippen molar-refractivity contribution in [2.75, 3.05) is 36.5 Å². The average Bonchev–Trinajstić information content (AvgIpc) is 2.74. The van der Waals surface area contributed by atoms with Crippen LogP contribution in [0, 0.1) is 11.8 Å². The first-order valence-corrected chi connectivity index (χ1v) is 10.7. The highest BCUT2D eigenvalue weighted by Crippen LogP contribution is 2.35. The number of rotatable bonds is 8. The lowest BCUT2D eigenvalue weighted by molar-refractivity contribution is 0.220. The Hall–Kier alpha value is -1.51. The zero-order valence-electron chi connectivity index (χ0n) is 17.0. The van der Waals surface area contributed by atoms with Gasteiger partial charge in [0, 0.05) is 12.5 Å². The Balaban J connectivity index is 1.86. The number of anilines is 2. The van der Waals surface area contributed by atoms with E-state index in [2.05, 4.69) is 16.9 Å². The van der Waals surface area contributed by atoms with Gasteiger partial charge in [-0.2, -0.15) is 15.0 Å². The molecule has 2 fully saturated rings. The van der Waals surface area contributed by atoms with Crippen molar-refractivity contribution in [1.82, 2.24) is 15.0 Å². The maximum Gasteiger partial charge on any atom is 0.234 e. The first kappa shape index (κ1) is 21.2. The van der Waals surface area contributed by atoms with E-state index in [1.54, 1.807) is 0 Å². The molecule has 2 aliphatic rings. The van der Waals surface area contributed by atoms with Gasteiger partial charge in [-0.3, -0.25) is 4.90 Å². The second-order valence-corrected chi connectivity index (χ2v) is 8.44. The number of aromatic nitrogens is 3. The van der Waals surface area contributed by atoms with E-state index in [-0.39, 0.29) is 32.1 Å². The quantitative estimate of drug-likeness (QED) is 0.577. The van der Waals surface area contributed by atoms with Gasteiger partial charge in [-0.25, -0.2) is 0 Å². The molecule has 0 amide bonds. The fourth-order valence-corrected chi connectivity index (χ4v) is 4.41. The van der Waals surface area contributed by atoms with Crippen LogP contribution >= 0.6 is 0 Å². The molecule has 0 saturated heterocycles. The summed E-state index contributed by atoms with van der Waals surface area (Å²) < 4.78 is 0. The van der Waals surface area contributed by atoms with Gasteiger partial charge in [-0.1, -0.05) is 39.0 Å². The van der Waals surface area contributed by atoms with Crippen LogP contribution < -0.4 is 9.80 Å². The van der Waals surface area contributed by atoms with Gasteiger partial charge in [-0.05, 0) is 37.5 Å². The summed E-state index contributed by atoms with van der Waals surface area (Å²) in [7, 11) is 0. The molecule has 0 unspecified atom stereocenters. The van der Waals surface area contributed by atoms with Crippen LogP contribution in [-0.2, 0) is 0 Å². The van der Waals surface area contributed by atoms with E-state index < -0.39 is 0 Å². The Morgan fingerprint density at radius 2 is 1.32 bits per heavy atom. The molecule has 158 valence electrons. The molecule has 0 aliphatic heterocycles. The summed E-state index contributed by atoms with van der Waals surface area (Å²) in [5.41, 5.74) is 0. The standard InChI is InChI=1S/C20H35N5O3/c1-15-7-9-17(10-8-15)18-21-19(23-20(22-18)25(13-27)14-28)24(12-26)11-16-5-3-2-4-6-16/h15-17,26-28H,2-14H2,1H3. The molecular weight excluding hydrogens is 358 g/mol. The van der Waals surface area contributed by atoms with Crippen molar-refractivity contribution in [3.05, 3.63) is 5.82 Å². The van der Waals surface area contributed by atoms with E-state index in [9.17, 15) is 15.3 Å². The summed E-state index contributed by atoms with van der Waals surface area (Å²) in [5.74, 6) is 2.94. The molecule has 1 aromatic rings. The van der Waals surface area contributed by atoms with Crippen LogP contribution in [-0.4, -0.2) is 57.0 Å². The van der Waals surface area contributed by atoms with Crippen molar-refractivity contribution < 1.29 is 15.3 Å². The van der Waals surface area contributed by atoms with E-state index in [1.165, 1.54) is 37.0 Å². The third-order valence-corrected chi connectivity index (χ3v) is 6.29. The molecular formula is C20H35N5O3. The van der Waals surface area contributed by atoms with Crippen LogP contribution in [0.4, 0.5) is 11.9 Å². The van der Waals surface area contributed by atoms with Crippen molar-refractivity contribution >= 4 is 11.9 Å². The number of aliphatic hydroxyl groups excluding tert-OH is 3. The normalized spacial score (nSPS) is 23.6. The minimum atomic E-state index is -0.372. The molecule has 0 bridgehead atoms. The number of nitrogens with zero attached hydrogens (tertiary/aromatic N) is 5. The number of hydrogen-bond acceptors (Lipinski definition) is 8. The lowest BCUT2D eigenvalue weighted by Gasteiger charge is -2.30. The molecule has 2 saturated carbocycles. The van der Waals surface area contributed by atoms with E-state index in [4.69, 9.17) is 4.98 Å². The highest BCUT2D eigenvalue weighted by Gasteiger charge is 2.26. The molecule has 3 rings (SSSR count). The van der Waals surface area contributed by atoms with E-state index in [1.807, 2.05) is 4.90 Å². The van der Waals surface area contributed by atoms with Crippen LogP contribution in [0.5, 0.6) is 0 Å². The summed E-state index contributed by atoms with van der Waals surface area (Å²) in [6.45, 7) is 2.10. The van der Waals surface area contributed by atoms with Crippen LogP contribution in [0.2, 0.25) is 0 Å². The smallest absolute Gasteiger partial charge is 0.234 e. The lowest BCUT2D eigenvalue weighted by Crippen LogP contribution is -2.35. The van der Waals surface area contributed by atoms with Gasteiger partial charge in [0.1, 0.15) is 26.0 Å². The summed E-state index contributed by atoms with van der Waals surface area (Å²) in [4.78, 5) is 16.9. The molecule has 3 N–H and O–H groups in total.